The number of hydrogen-bond donors (Lipinski definition) is 2. The van der Waals surface area contributed by atoms with Crippen molar-refractivity contribution in [2.45, 2.75) is 12.6 Å². The van der Waals surface area contributed by atoms with Crippen LogP contribution >= 0.6 is 0 Å². The Morgan fingerprint density at radius 2 is 2.50 bits per heavy atom. The monoisotopic (exact) mass is 166 g/mol. The van der Waals surface area contributed by atoms with E-state index in [2.05, 4.69) is 27.2 Å². The van der Waals surface area contributed by atoms with Gasteiger partial charge >= 0.3 is 0 Å². The second kappa shape index (κ2) is 3.25. The van der Waals surface area contributed by atoms with E-state index in [9.17, 15) is 0 Å². The van der Waals surface area contributed by atoms with Crippen molar-refractivity contribution in [3.05, 3.63) is 18.2 Å². The SMILES string of the molecule is CN(Cc1cnc[nH]1)C1CNC1. The van der Waals surface area contributed by atoms with Gasteiger partial charge in [-0.15, -0.1) is 0 Å². The van der Waals surface area contributed by atoms with Crippen LogP contribution in [0.15, 0.2) is 12.5 Å². The maximum Gasteiger partial charge on any atom is 0.0922 e. The van der Waals surface area contributed by atoms with E-state index in [1.165, 1.54) is 5.69 Å². The Labute approximate surface area is 72.0 Å². The van der Waals surface area contributed by atoms with Crippen LogP contribution in [0.3, 0.4) is 0 Å². The first-order valence-electron chi connectivity index (χ1n) is 4.24. The van der Waals surface area contributed by atoms with Crippen molar-refractivity contribution in [2.24, 2.45) is 0 Å². The molecule has 0 atom stereocenters. The predicted octanol–water partition coefficient (Wildman–Crippen LogP) is -0.187. The van der Waals surface area contributed by atoms with Gasteiger partial charge < -0.3 is 10.3 Å². The molecule has 1 fully saturated rings. The van der Waals surface area contributed by atoms with E-state index in [0.29, 0.717) is 6.04 Å². The predicted molar refractivity (Wildman–Crippen MR) is 46.7 cm³/mol. The normalized spacial score (nSPS) is 18.2. The summed E-state index contributed by atoms with van der Waals surface area (Å²) >= 11 is 0. The minimum Gasteiger partial charge on any atom is -0.347 e. The van der Waals surface area contributed by atoms with E-state index < -0.39 is 0 Å². The van der Waals surface area contributed by atoms with Crippen LogP contribution in [0.2, 0.25) is 0 Å². The number of aromatic amines is 1. The van der Waals surface area contributed by atoms with Crippen LogP contribution in [-0.2, 0) is 6.54 Å². The summed E-state index contributed by atoms with van der Waals surface area (Å²) in [6, 6.07) is 0.702. The summed E-state index contributed by atoms with van der Waals surface area (Å²) in [5.41, 5.74) is 1.18. The molecule has 0 radical (unpaired) electrons. The third kappa shape index (κ3) is 1.49. The molecule has 0 bridgehead atoms. The molecule has 0 aromatic carbocycles. The van der Waals surface area contributed by atoms with Crippen molar-refractivity contribution in [1.29, 1.82) is 0 Å². The van der Waals surface area contributed by atoms with Gasteiger partial charge in [0, 0.05) is 37.6 Å². The minimum atomic E-state index is 0.702. The quantitative estimate of drug-likeness (QED) is 0.654. The first-order chi connectivity index (χ1) is 5.86. The fraction of sp³-hybridized carbons (Fsp3) is 0.625. The molecule has 4 heteroatoms. The fourth-order valence-electron chi connectivity index (χ4n) is 1.35. The molecule has 2 rings (SSSR count). The lowest BCUT2D eigenvalue weighted by molar-refractivity contribution is 0.171. The Balaban J connectivity index is 1.86. The Morgan fingerprint density at radius 1 is 1.67 bits per heavy atom. The van der Waals surface area contributed by atoms with E-state index >= 15 is 0 Å². The number of nitrogens with zero attached hydrogens (tertiary/aromatic N) is 2. The van der Waals surface area contributed by atoms with Crippen molar-refractivity contribution in [3.63, 3.8) is 0 Å². The molecule has 1 aromatic rings. The molecule has 1 aliphatic heterocycles. The van der Waals surface area contributed by atoms with Gasteiger partial charge in [-0.3, -0.25) is 4.90 Å². The lowest BCUT2D eigenvalue weighted by Crippen LogP contribution is -2.55. The Bertz CT molecular complexity index is 227. The molecule has 0 saturated carbocycles. The third-order valence-corrected chi connectivity index (χ3v) is 2.36. The average Bonchev–Trinajstić information content (AvgIpc) is 2.34. The zero-order chi connectivity index (χ0) is 8.39. The molecule has 12 heavy (non-hydrogen) atoms. The Hall–Kier alpha value is -0.870. The van der Waals surface area contributed by atoms with Gasteiger partial charge in [0.15, 0.2) is 0 Å². The lowest BCUT2D eigenvalue weighted by Gasteiger charge is -2.35. The smallest absolute Gasteiger partial charge is 0.0922 e. The highest BCUT2D eigenvalue weighted by atomic mass is 15.2. The van der Waals surface area contributed by atoms with E-state index in [4.69, 9.17) is 0 Å². The fourth-order valence-corrected chi connectivity index (χ4v) is 1.35. The molecule has 0 amide bonds. The zero-order valence-electron chi connectivity index (χ0n) is 7.25. The van der Waals surface area contributed by atoms with Gasteiger partial charge in [-0.05, 0) is 7.05 Å². The van der Waals surface area contributed by atoms with Gasteiger partial charge in [-0.25, -0.2) is 4.98 Å². The highest BCUT2D eigenvalue weighted by Crippen LogP contribution is 2.05. The topological polar surface area (TPSA) is 44.0 Å². The highest BCUT2D eigenvalue weighted by Gasteiger charge is 2.21. The van der Waals surface area contributed by atoms with Gasteiger partial charge in [-0.2, -0.15) is 0 Å². The third-order valence-electron chi connectivity index (χ3n) is 2.36. The molecular weight excluding hydrogens is 152 g/mol. The molecule has 0 spiro atoms. The molecule has 1 saturated heterocycles. The van der Waals surface area contributed by atoms with Crippen molar-refractivity contribution in [3.8, 4) is 0 Å². The van der Waals surface area contributed by atoms with Crippen molar-refractivity contribution < 1.29 is 0 Å². The summed E-state index contributed by atoms with van der Waals surface area (Å²) in [5, 5.41) is 3.25. The molecule has 4 nitrogen and oxygen atoms in total. The number of aromatic nitrogens is 2. The molecule has 2 heterocycles. The first-order valence-corrected chi connectivity index (χ1v) is 4.24. The van der Waals surface area contributed by atoms with Crippen molar-refractivity contribution in [1.82, 2.24) is 20.2 Å². The van der Waals surface area contributed by atoms with Gasteiger partial charge in [0.05, 0.1) is 6.33 Å². The second-order valence-corrected chi connectivity index (χ2v) is 3.30. The molecule has 66 valence electrons. The van der Waals surface area contributed by atoms with Crippen LogP contribution < -0.4 is 5.32 Å². The van der Waals surface area contributed by atoms with E-state index in [1.807, 2.05) is 6.20 Å². The number of nitrogens with one attached hydrogen (secondary N) is 2. The minimum absolute atomic E-state index is 0.702. The Kier molecular flexibility index (Phi) is 2.10. The molecule has 1 aromatic heterocycles. The van der Waals surface area contributed by atoms with E-state index in [1.54, 1.807) is 6.33 Å². The molecular formula is C8H14N4. The van der Waals surface area contributed by atoms with Crippen LogP contribution in [0.5, 0.6) is 0 Å². The first kappa shape index (κ1) is 7.76. The van der Waals surface area contributed by atoms with Gasteiger partial charge in [0.1, 0.15) is 0 Å². The van der Waals surface area contributed by atoms with E-state index in [0.717, 1.165) is 19.6 Å². The standard InChI is InChI=1S/C8H14N4/c1-12(8-3-9-4-8)5-7-2-10-6-11-7/h2,6,8-9H,3-5H2,1H3,(H,10,11). The highest BCUT2D eigenvalue weighted by molar-refractivity contribution is 4.95. The maximum absolute atomic E-state index is 3.98. The molecule has 0 unspecified atom stereocenters. The summed E-state index contributed by atoms with van der Waals surface area (Å²) in [5.74, 6) is 0. The number of likely N-dealkylation sites (N-methyl/N-ethyl adjacent to an activating group) is 1. The van der Waals surface area contributed by atoms with Crippen LogP contribution in [0.1, 0.15) is 5.69 Å². The summed E-state index contributed by atoms with van der Waals surface area (Å²) in [6.45, 7) is 3.20. The maximum atomic E-state index is 3.98. The summed E-state index contributed by atoms with van der Waals surface area (Å²) in [6.07, 6.45) is 3.60. The van der Waals surface area contributed by atoms with Crippen LogP contribution in [0, 0.1) is 0 Å². The molecule has 1 aliphatic rings. The average molecular weight is 166 g/mol. The van der Waals surface area contributed by atoms with Crippen LogP contribution in [0.4, 0.5) is 0 Å². The van der Waals surface area contributed by atoms with Crippen LogP contribution in [-0.4, -0.2) is 41.0 Å². The van der Waals surface area contributed by atoms with Gasteiger partial charge in [-0.1, -0.05) is 0 Å². The zero-order valence-corrected chi connectivity index (χ0v) is 7.25. The number of imidazole rings is 1. The Morgan fingerprint density at radius 3 is 3.00 bits per heavy atom. The van der Waals surface area contributed by atoms with E-state index in [-0.39, 0.29) is 0 Å². The number of rotatable bonds is 3. The summed E-state index contributed by atoms with van der Waals surface area (Å²) in [7, 11) is 2.15. The summed E-state index contributed by atoms with van der Waals surface area (Å²) in [4.78, 5) is 9.42. The molecule has 0 aliphatic carbocycles. The van der Waals surface area contributed by atoms with Crippen LogP contribution in [0.25, 0.3) is 0 Å². The van der Waals surface area contributed by atoms with Gasteiger partial charge in [0.25, 0.3) is 0 Å². The van der Waals surface area contributed by atoms with Crippen molar-refractivity contribution >= 4 is 0 Å². The lowest BCUT2D eigenvalue weighted by atomic mass is 10.1. The number of H-pyrrole nitrogens is 1. The molecule has 2 N–H and O–H groups in total. The summed E-state index contributed by atoms with van der Waals surface area (Å²) < 4.78 is 0. The second-order valence-electron chi connectivity index (χ2n) is 3.30. The van der Waals surface area contributed by atoms with Gasteiger partial charge in [0.2, 0.25) is 0 Å². The van der Waals surface area contributed by atoms with Crippen molar-refractivity contribution in [2.75, 3.05) is 20.1 Å². The number of hydrogen-bond acceptors (Lipinski definition) is 3. The largest absolute Gasteiger partial charge is 0.347 e.